The largest absolute Gasteiger partial charge is 0.388 e. The van der Waals surface area contributed by atoms with Gasteiger partial charge >= 0.3 is 0 Å². The number of rotatable bonds is 5. The van der Waals surface area contributed by atoms with Crippen molar-refractivity contribution in [3.05, 3.63) is 34.6 Å². The number of hydrogen-bond acceptors (Lipinski definition) is 2. The first-order chi connectivity index (χ1) is 8.65. The van der Waals surface area contributed by atoms with E-state index in [0.717, 1.165) is 32.3 Å². The third kappa shape index (κ3) is 3.94. The molecular weight excluding hydrogens is 255 g/mol. The molecular formula is C14H18ClFO2. The number of halogens is 2. The molecule has 1 aliphatic heterocycles. The molecule has 1 aromatic carbocycles. The summed E-state index contributed by atoms with van der Waals surface area (Å²) in [5, 5.41) is 10.3. The fourth-order valence-electron chi connectivity index (χ4n) is 2.35. The van der Waals surface area contributed by atoms with Gasteiger partial charge in [0.15, 0.2) is 0 Å². The summed E-state index contributed by atoms with van der Waals surface area (Å²) in [6.45, 7) is 0.854. The van der Waals surface area contributed by atoms with Crippen LogP contribution in [-0.2, 0) is 4.74 Å². The van der Waals surface area contributed by atoms with Crippen LogP contribution in [0.25, 0.3) is 0 Å². The maximum absolute atomic E-state index is 13.1. The average molecular weight is 273 g/mol. The molecule has 0 aromatic heterocycles. The zero-order chi connectivity index (χ0) is 13.0. The van der Waals surface area contributed by atoms with Gasteiger partial charge in [-0.2, -0.15) is 0 Å². The maximum atomic E-state index is 13.1. The quantitative estimate of drug-likeness (QED) is 0.882. The topological polar surface area (TPSA) is 29.5 Å². The molecule has 0 amide bonds. The molecule has 1 saturated heterocycles. The van der Waals surface area contributed by atoms with Crippen molar-refractivity contribution in [2.24, 2.45) is 0 Å². The summed E-state index contributed by atoms with van der Waals surface area (Å²) in [6.07, 6.45) is 4.38. The van der Waals surface area contributed by atoms with Gasteiger partial charge in [-0.25, -0.2) is 4.39 Å². The number of aliphatic hydroxyl groups is 1. The Bertz CT molecular complexity index is 371. The van der Waals surface area contributed by atoms with Crippen LogP contribution in [0.5, 0.6) is 0 Å². The van der Waals surface area contributed by atoms with Gasteiger partial charge in [0.2, 0.25) is 0 Å². The van der Waals surface area contributed by atoms with Gasteiger partial charge in [-0.15, -0.1) is 0 Å². The highest BCUT2D eigenvalue weighted by Gasteiger charge is 2.16. The lowest BCUT2D eigenvalue weighted by Gasteiger charge is -2.13. The van der Waals surface area contributed by atoms with Crippen LogP contribution in [-0.4, -0.2) is 17.8 Å². The zero-order valence-corrected chi connectivity index (χ0v) is 11.0. The van der Waals surface area contributed by atoms with Gasteiger partial charge in [-0.3, -0.25) is 0 Å². The van der Waals surface area contributed by atoms with E-state index in [2.05, 4.69) is 0 Å². The van der Waals surface area contributed by atoms with E-state index in [1.165, 1.54) is 12.1 Å². The Morgan fingerprint density at radius 3 is 2.94 bits per heavy atom. The Hall–Kier alpha value is -0.640. The summed E-state index contributed by atoms with van der Waals surface area (Å²) in [6, 6.07) is 4.19. The maximum Gasteiger partial charge on any atom is 0.125 e. The number of aliphatic hydroxyl groups excluding tert-OH is 1. The zero-order valence-electron chi connectivity index (χ0n) is 10.2. The molecule has 1 aromatic rings. The SMILES string of the molecule is OC(CCCC1CCCO1)c1cc(F)cc(Cl)c1. The molecule has 1 fully saturated rings. The molecule has 2 unspecified atom stereocenters. The third-order valence-electron chi connectivity index (χ3n) is 3.30. The summed E-state index contributed by atoms with van der Waals surface area (Å²) in [7, 11) is 0. The Morgan fingerprint density at radius 1 is 1.44 bits per heavy atom. The standard InChI is InChI=1S/C14H18ClFO2/c15-11-7-10(8-12(16)9-11)14(17)5-1-3-13-4-2-6-18-13/h7-9,13-14,17H,1-6H2. The second-order valence-electron chi connectivity index (χ2n) is 4.78. The van der Waals surface area contributed by atoms with Gasteiger partial charge in [0.05, 0.1) is 12.2 Å². The van der Waals surface area contributed by atoms with Crippen molar-refractivity contribution in [3.63, 3.8) is 0 Å². The first kappa shape index (κ1) is 13.8. The summed E-state index contributed by atoms with van der Waals surface area (Å²) < 4.78 is 18.7. The van der Waals surface area contributed by atoms with E-state index in [1.54, 1.807) is 6.07 Å². The van der Waals surface area contributed by atoms with Crippen molar-refractivity contribution in [3.8, 4) is 0 Å². The van der Waals surface area contributed by atoms with Crippen LogP contribution in [0.4, 0.5) is 4.39 Å². The first-order valence-corrected chi connectivity index (χ1v) is 6.78. The molecule has 100 valence electrons. The first-order valence-electron chi connectivity index (χ1n) is 6.41. The van der Waals surface area contributed by atoms with Crippen LogP contribution >= 0.6 is 11.6 Å². The van der Waals surface area contributed by atoms with Gasteiger partial charge in [0.25, 0.3) is 0 Å². The molecule has 1 aliphatic rings. The molecule has 4 heteroatoms. The molecule has 2 nitrogen and oxygen atoms in total. The van der Waals surface area contributed by atoms with Crippen LogP contribution in [0.3, 0.4) is 0 Å². The molecule has 2 rings (SSSR count). The van der Waals surface area contributed by atoms with Crippen molar-refractivity contribution < 1.29 is 14.2 Å². The fraction of sp³-hybridized carbons (Fsp3) is 0.571. The van der Waals surface area contributed by atoms with E-state index in [1.807, 2.05) is 0 Å². The van der Waals surface area contributed by atoms with E-state index in [4.69, 9.17) is 16.3 Å². The van der Waals surface area contributed by atoms with Crippen molar-refractivity contribution in [2.75, 3.05) is 6.61 Å². The lowest BCUT2D eigenvalue weighted by molar-refractivity contribution is 0.0944. The van der Waals surface area contributed by atoms with Crippen molar-refractivity contribution in [1.82, 2.24) is 0 Å². The summed E-state index contributed by atoms with van der Waals surface area (Å²) in [5.74, 6) is -0.407. The Morgan fingerprint density at radius 2 is 2.28 bits per heavy atom. The van der Waals surface area contributed by atoms with Crippen molar-refractivity contribution in [2.45, 2.75) is 44.3 Å². The van der Waals surface area contributed by atoms with E-state index in [0.29, 0.717) is 23.1 Å². The van der Waals surface area contributed by atoms with E-state index < -0.39 is 11.9 Å². The van der Waals surface area contributed by atoms with Gasteiger partial charge in [-0.05, 0) is 55.9 Å². The number of ether oxygens (including phenoxy) is 1. The Kier molecular flexibility index (Phi) is 4.98. The van der Waals surface area contributed by atoms with Gasteiger partial charge < -0.3 is 9.84 Å². The molecule has 2 atom stereocenters. The highest BCUT2D eigenvalue weighted by molar-refractivity contribution is 6.30. The molecule has 0 aliphatic carbocycles. The second-order valence-corrected chi connectivity index (χ2v) is 5.22. The Labute approximate surface area is 112 Å². The minimum atomic E-state index is -0.653. The Balaban J connectivity index is 1.81. The van der Waals surface area contributed by atoms with E-state index >= 15 is 0 Å². The van der Waals surface area contributed by atoms with Crippen molar-refractivity contribution >= 4 is 11.6 Å². The molecule has 0 bridgehead atoms. The van der Waals surface area contributed by atoms with Gasteiger partial charge in [-0.1, -0.05) is 11.6 Å². The predicted molar refractivity (Wildman–Crippen MR) is 69.2 cm³/mol. The normalized spacial score (nSPS) is 21.2. The molecule has 1 heterocycles. The minimum absolute atomic E-state index is 0.322. The van der Waals surface area contributed by atoms with Crippen LogP contribution in [0, 0.1) is 5.82 Å². The molecule has 0 spiro atoms. The molecule has 0 radical (unpaired) electrons. The van der Waals surface area contributed by atoms with E-state index in [9.17, 15) is 9.50 Å². The highest BCUT2D eigenvalue weighted by atomic mass is 35.5. The van der Waals surface area contributed by atoms with Crippen LogP contribution < -0.4 is 0 Å². The molecule has 1 N–H and O–H groups in total. The lowest BCUT2D eigenvalue weighted by Crippen LogP contribution is -2.06. The van der Waals surface area contributed by atoms with Crippen molar-refractivity contribution in [1.29, 1.82) is 0 Å². The van der Waals surface area contributed by atoms with Crippen LogP contribution in [0.2, 0.25) is 5.02 Å². The second kappa shape index (κ2) is 6.50. The molecule has 0 saturated carbocycles. The third-order valence-corrected chi connectivity index (χ3v) is 3.52. The fourth-order valence-corrected chi connectivity index (χ4v) is 2.58. The number of hydrogen-bond donors (Lipinski definition) is 1. The van der Waals surface area contributed by atoms with Crippen LogP contribution in [0.15, 0.2) is 18.2 Å². The average Bonchev–Trinajstić information content (AvgIpc) is 2.80. The summed E-state index contributed by atoms with van der Waals surface area (Å²) >= 11 is 5.76. The molecule has 18 heavy (non-hydrogen) atoms. The number of benzene rings is 1. The minimum Gasteiger partial charge on any atom is -0.388 e. The van der Waals surface area contributed by atoms with Gasteiger partial charge in [0.1, 0.15) is 5.82 Å². The summed E-state index contributed by atoms with van der Waals surface area (Å²) in [4.78, 5) is 0. The smallest absolute Gasteiger partial charge is 0.125 e. The van der Waals surface area contributed by atoms with Crippen LogP contribution in [0.1, 0.15) is 43.8 Å². The van der Waals surface area contributed by atoms with E-state index in [-0.39, 0.29) is 0 Å². The lowest BCUT2D eigenvalue weighted by atomic mass is 10.0. The summed E-state index contributed by atoms with van der Waals surface area (Å²) in [5.41, 5.74) is 0.548. The predicted octanol–water partition coefficient (Wildman–Crippen LogP) is 3.86. The highest BCUT2D eigenvalue weighted by Crippen LogP contribution is 2.25. The van der Waals surface area contributed by atoms with Gasteiger partial charge in [0, 0.05) is 11.6 Å². The monoisotopic (exact) mass is 272 g/mol.